The predicted octanol–water partition coefficient (Wildman–Crippen LogP) is 12.7. The molecule has 265 valence electrons. The number of hydrogen-bond donors (Lipinski definition) is 1. The summed E-state index contributed by atoms with van der Waals surface area (Å²) in [4.78, 5) is 21.5. The molecule has 0 aliphatic heterocycles. The molecule has 1 N–H and O–H groups in total. The zero-order chi connectivity index (χ0) is 35.6. The summed E-state index contributed by atoms with van der Waals surface area (Å²) in [5.74, 6) is 1.05. The zero-order valence-corrected chi connectivity index (χ0v) is 33.9. The first kappa shape index (κ1) is 39.2. The first-order valence-electron chi connectivity index (χ1n) is 17.4. The molecule has 0 unspecified atom stereocenters. The smallest absolute Gasteiger partial charge is 0.164 e. The quantitative estimate of drug-likeness (QED) is 0.0890. The molecule has 0 saturated heterocycles. The van der Waals surface area contributed by atoms with Crippen molar-refractivity contribution in [3.05, 3.63) is 95.8 Å². The Kier molecular flexibility index (Phi) is 12.3. The molecule has 0 amide bonds. The Labute approximate surface area is 314 Å². The van der Waals surface area contributed by atoms with Gasteiger partial charge in [-0.1, -0.05) is 91.5 Å². The molecule has 4 heterocycles. The zero-order valence-electron chi connectivity index (χ0n) is 30.7. The molecule has 0 aliphatic carbocycles. The van der Waals surface area contributed by atoms with E-state index in [1.165, 1.54) is 21.7 Å². The number of aromatic nitrogens is 2. The van der Waals surface area contributed by atoms with E-state index in [1.54, 1.807) is 11.3 Å². The first-order chi connectivity index (χ1) is 23.3. The summed E-state index contributed by atoms with van der Waals surface area (Å²) in [6.07, 6.45) is 8.44. The molecule has 0 saturated carbocycles. The van der Waals surface area contributed by atoms with Crippen molar-refractivity contribution < 1.29 is 34.4 Å². The molecular weight excluding hydrogens is 817 g/mol. The number of thiophene rings is 1. The average Bonchev–Trinajstić information content (AvgIpc) is 3.78. The number of hydrogen-bond acceptors (Lipinski definition) is 6. The summed E-state index contributed by atoms with van der Waals surface area (Å²) in [5, 5.41) is 16.7. The van der Waals surface area contributed by atoms with Gasteiger partial charge in [0, 0.05) is 70.6 Å². The molecule has 0 spiro atoms. The van der Waals surface area contributed by atoms with E-state index < -0.39 is 0 Å². The molecule has 2 aromatic carbocycles. The second-order valence-corrected chi connectivity index (χ2v) is 15.4. The van der Waals surface area contributed by atoms with Crippen molar-refractivity contribution in [3.63, 3.8) is 0 Å². The van der Waals surface area contributed by atoms with Crippen LogP contribution in [0.2, 0.25) is 0 Å². The van der Waals surface area contributed by atoms with Crippen LogP contribution in [0, 0.1) is 16.9 Å². The molecule has 1 radical (unpaired) electrons. The van der Waals surface area contributed by atoms with E-state index in [4.69, 9.17) is 9.40 Å². The van der Waals surface area contributed by atoms with Gasteiger partial charge in [0.2, 0.25) is 0 Å². The number of aliphatic hydroxyl groups is 1. The van der Waals surface area contributed by atoms with Gasteiger partial charge in [0.1, 0.15) is 17.0 Å². The number of carbonyl (C=O) groups excluding carboxylic acids is 1. The topological polar surface area (TPSA) is 76.2 Å². The maximum absolute atomic E-state index is 12.2. The van der Waals surface area contributed by atoms with Crippen molar-refractivity contribution in [2.75, 3.05) is 0 Å². The number of rotatable bonds is 9. The number of furan rings is 1. The van der Waals surface area contributed by atoms with Crippen LogP contribution >= 0.6 is 11.3 Å². The molecule has 6 aromatic rings. The van der Waals surface area contributed by atoms with Gasteiger partial charge in [-0.05, 0) is 60.7 Å². The van der Waals surface area contributed by atoms with Crippen LogP contribution in [0.25, 0.3) is 54.5 Å². The first-order valence-corrected chi connectivity index (χ1v) is 18.3. The summed E-state index contributed by atoms with van der Waals surface area (Å²) < 4.78 is 7.61. The van der Waals surface area contributed by atoms with E-state index in [2.05, 4.69) is 79.7 Å². The van der Waals surface area contributed by atoms with E-state index in [9.17, 15) is 9.90 Å². The summed E-state index contributed by atoms with van der Waals surface area (Å²) in [7, 11) is 0. The molecule has 0 aliphatic rings. The summed E-state index contributed by atoms with van der Waals surface area (Å²) in [6, 6.07) is 22.4. The second-order valence-electron chi connectivity index (χ2n) is 14.5. The van der Waals surface area contributed by atoms with Gasteiger partial charge in [-0.2, -0.15) is 0 Å². The van der Waals surface area contributed by atoms with Gasteiger partial charge in [-0.15, -0.1) is 40.5 Å². The normalized spacial score (nSPS) is 12.5. The Morgan fingerprint density at radius 1 is 0.840 bits per heavy atom. The third-order valence-corrected chi connectivity index (χ3v) is 11.4. The van der Waals surface area contributed by atoms with Crippen LogP contribution in [-0.2, 0) is 30.3 Å². The van der Waals surface area contributed by atoms with E-state index in [1.807, 2.05) is 66.1 Å². The maximum Gasteiger partial charge on any atom is 0.164 e. The van der Waals surface area contributed by atoms with E-state index in [0.29, 0.717) is 0 Å². The molecule has 0 atom stereocenters. The Hall–Kier alpha value is -3.64. The van der Waals surface area contributed by atoms with E-state index in [-0.39, 0.29) is 47.9 Å². The molecule has 0 fully saturated rings. The fraction of sp³-hybridized carbons (Fsp3) is 0.372. The van der Waals surface area contributed by atoms with Crippen LogP contribution in [0.15, 0.2) is 88.6 Å². The second kappa shape index (κ2) is 15.7. The number of benzene rings is 2. The minimum Gasteiger partial charge on any atom is -0.512 e. The third kappa shape index (κ3) is 7.81. The van der Waals surface area contributed by atoms with Crippen LogP contribution in [0.1, 0.15) is 93.6 Å². The standard InChI is InChI=1S/C28H21N2OS.C15H28O2.Ir/c1-28(2,3)22-15-19(14-17-6-4-5-7-20(17)22)25-27-18(8-11-29-25)16-23(31-27)26-21-10-13-32-24(21)9-12-30-26;1-7-14(5,8-2)12(16)11-13(17)15(6,9-3)10-4;/h4-13,15-16H,1-3H3;11,16H,7-10H2,1-6H3;/q-1;;/b;12-11-;. The van der Waals surface area contributed by atoms with Crippen molar-refractivity contribution in [1.82, 2.24) is 9.97 Å². The van der Waals surface area contributed by atoms with Crippen LogP contribution in [-0.4, -0.2) is 20.9 Å². The number of pyridine rings is 2. The van der Waals surface area contributed by atoms with Gasteiger partial charge in [0.25, 0.3) is 0 Å². The fourth-order valence-electron chi connectivity index (χ4n) is 6.03. The minimum absolute atomic E-state index is 0. The van der Waals surface area contributed by atoms with E-state index in [0.717, 1.165) is 70.1 Å². The minimum atomic E-state index is -0.337. The number of aliphatic hydroxyl groups excluding tert-OH is 1. The van der Waals surface area contributed by atoms with Crippen molar-refractivity contribution in [1.29, 1.82) is 0 Å². The number of ketones is 1. The third-order valence-electron chi connectivity index (χ3n) is 10.5. The van der Waals surface area contributed by atoms with Crippen molar-refractivity contribution in [2.24, 2.45) is 10.8 Å². The molecular formula is C43H49IrN2O3S-. The molecule has 0 bridgehead atoms. The van der Waals surface area contributed by atoms with Crippen LogP contribution in [0.3, 0.4) is 0 Å². The van der Waals surface area contributed by atoms with Gasteiger partial charge in [-0.3, -0.25) is 14.8 Å². The number of allylic oxidation sites excluding steroid dienone is 2. The van der Waals surface area contributed by atoms with Gasteiger partial charge < -0.3 is 9.52 Å². The van der Waals surface area contributed by atoms with Crippen molar-refractivity contribution in [3.8, 4) is 22.7 Å². The van der Waals surface area contributed by atoms with Gasteiger partial charge in [0.05, 0.1) is 0 Å². The van der Waals surface area contributed by atoms with Crippen LogP contribution < -0.4 is 0 Å². The van der Waals surface area contributed by atoms with Crippen LogP contribution in [0.5, 0.6) is 0 Å². The largest absolute Gasteiger partial charge is 0.512 e. The van der Waals surface area contributed by atoms with Gasteiger partial charge >= 0.3 is 0 Å². The molecule has 50 heavy (non-hydrogen) atoms. The fourth-order valence-corrected chi connectivity index (χ4v) is 6.81. The summed E-state index contributed by atoms with van der Waals surface area (Å²) in [5.41, 5.74) is 4.05. The number of fused-ring (bicyclic) bond motifs is 3. The van der Waals surface area contributed by atoms with Gasteiger partial charge in [-0.25, -0.2) is 0 Å². The monoisotopic (exact) mass is 866 g/mol. The Balaban J connectivity index is 0.000000269. The maximum atomic E-state index is 12.2. The SMILES string of the molecule is CC(C)(C)c1cc(-c2nccc3cc(-c4nccc5sccc45)oc23)[c-]c2ccccc12.CCC(C)(CC)C(=O)/C=C(\O)C(C)(CC)CC.[Ir]. The predicted molar refractivity (Wildman–Crippen MR) is 206 cm³/mol. The summed E-state index contributed by atoms with van der Waals surface area (Å²) in [6.45, 7) is 18.8. The molecule has 5 nitrogen and oxygen atoms in total. The van der Waals surface area contributed by atoms with Crippen molar-refractivity contribution in [2.45, 2.75) is 93.4 Å². The van der Waals surface area contributed by atoms with Crippen molar-refractivity contribution >= 4 is 48.9 Å². The van der Waals surface area contributed by atoms with Crippen LogP contribution in [0.4, 0.5) is 0 Å². The Morgan fingerprint density at radius 2 is 1.48 bits per heavy atom. The Morgan fingerprint density at radius 3 is 2.14 bits per heavy atom. The van der Waals surface area contributed by atoms with E-state index >= 15 is 0 Å². The summed E-state index contributed by atoms with van der Waals surface area (Å²) >= 11 is 1.71. The Bertz CT molecular complexity index is 2130. The molecule has 6 rings (SSSR count). The number of nitrogens with zero attached hydrogens (tertiary/aromatic N) is 2. The molecule has 4 aromatic heterocycles. The van der Waals surface area contributed by atoms with Gasteiger partial charge in [0.15, 0.2) is 11.5 Å². The average molecular weight is 866 g/mol. The number of carbonyl (C=O) groups is 1. The molecule has 7 heteroatoms.